The first-order valence-electron chi connectivity index (χ1n) is 10.2. The largest absolute Gasteiger partial charge is 0.497 e. The Morgan fingerprint density at radius 2 is 1.62 bits per heavy atom. The number of amidine groups is 1. The van der Waals surface area contributed by atoms with E-state index in [1.807, 2.05) is 91.9 Å². The third kappa shape index (κ3) is 4.55. The van der Waals surface area contributed by atoms with Crippen molar-refractivity contribution in [3.05, 3.63) is 94.9 Å². The Bertz CT molecular complexity index is 1160. The van der Waals surface area contributed by atoms with Gasteiger partial charge in [-0.1, -0.05) is 48.5 Å². The Morgan fingerprint density at radius 1 is 0.938 bits per heavy atom. The normalized spacial score (nSPS) is 17.1. The first kappa shape index (κ1) is 21.7. The van der Waals surface area contributed by atoms with Gasteiger partial charge in [0.2, 0.25) is 0 Å². The minimum atomic E-state index is -0.170. The van der Waals surface area contributed by atoms with Gasteiger partial charge in [-0.2, -0.15) is 0 Å². The van der Waals surface area contributed by atoms with Crippen molar-refractivity contribution in [2.75, 3.05) is 14.2 Å². The number of carbonyl (C=O) groups excluding carboxylic acids is 1. The van der Waals surface area contributed by atoms with Gasteiger partial charge < -0.3 is 9.47 Å². The molecule has 32 heavy (non-hydrogen) atoms. The minimum absolute atomic E-state index is 0.0918. The van der Waals surface area contributed by atoms with Gasteiger partial charge in [-0.3, -0.25) is 9.69 Å². The summed E-state index contributed by atoms with van der Waals surface area (Å²) in [7, 11) is 3.22. The number of nitrogens with zero attached hydrogens (tertiary/aromatic N) is 2. The molecule has 162 valence electrons. The molecule has 0 radical (unpaired) electrons. The van der Waals surface area contributed by atoms with Crippen molar-refractivity contribution in [2.24, 2.45) is 4.99 Å². The van der Waals surface area contributed by atoms with E-state index in [0.717, 1.165) is 16.8 Å². The van der Waals surface area contributed by atoms with Crippen LogP contribution in [0.25, 0.3) is 6.08 Å². The number of methoxy groups -OCH3 is 2. The molecule has 1 heterocycles. The number of carbonyl (C=O) groups is 1. The number of rotatable bonds is 6. The minimum Gasteiger partial charge on any atom is -0.497 e. The zero-order chi connectivity index (χ0) is 22.5. The van der Waals surface area contributed by atoms with Crippen LogP contribution in [0.15, 0.2) is 88.8 Å². The van der Waals surface area contributed by atoms with Gasteiger partial charge >= 0.3 is 0 Å². The molecule has 0 aromatic heterocycles. The van der Waals surface area contributed by atoms with Crippen LogP contribution >= 0.6 is 11.8 Å². The fourth-order valence-electron chi connectivity index (χ4n) is 3.49. The van der Waals surface area contributed by atoms with E-state index in [0.29, 0.717) is 21.6 Å². The fourth-order valence-corrected chi connectivity index (χ4v) is 4.55. The fraction of sp³-hybridized carbons (Fsp3) is 0.154. The first-order valence-corrected chi connectivity index (χ1v) is 11.1. The van der Waals surface area contributed by atoms with Crippen molar-refractivity contribution in [1.29, 1.82) is 0 Å². The summed E-state index contributed by atoms with van der Waals surface area (Å²) in [6, 6.07) is 25.0. The highest BCUT2D eigenvalue weighted by atomic mass is 32.2. The lowest BCUT2D eigenvalue weighted by Gasteiger charge is -2.24. The van der Waals surface area contributed by atoms with Crippen LogP contribution in [0.5, 0.6) is 11.5 Å². The molecular weight excluding hydrogens is 420 g/mol. The number of hydrogen-bond acceptors (Lipinski definition) is 5. The molecule has 1 aliphatic rings. The molecule has 0 aliphatic carbocycles. The Morgan fingerprint density at radius 3 is 2.28 bits per heavy atom. The van der Waals surface area contributed by atoms with Crippen molar-refractivity contribution < 1.29 is 14.3 Å². The predicted molar refractivity (Wildman–Crippen MR) is 130 cm³/mol. The summed E-state index contributed by atoms with van der Waals surface area (Å²) in [4.78, 5) is 20.7. The second-order valence-electron chi connectivity index (χ2n) is 7.21. The van der Waals surface area contributed by atoms with Crippen molar-refractivity contribution in [3.63, 3.8) is 0 Å². The zero-order valence-corrected chi connectivity index (χ0v) is 19.0. The highest BCUT2D eigenvalue weighted by molar-refractivity contribution is 8.18. The van der Waals surface area contributed by atoms with Crippen LogP contribution in [0.4, 0.5) is 5.69 Å². The molecule has 1 fully saturated rings. The number of para-hydroxylation sites is 1. The lowest BCUT2D eigenvalue weighted by molar-refractivity contribution is -0.123. The molecule has 1 aliphatic heterocycles. The van der Waals surface area contributed by atoms with Gasteiger partial charge in [-0.15, -0.1) is 0 Å². The van der Waals surface area contributed by atoms with Gasteiger partial charge in [0.1, 0.15) is 11.5 Å². The molecule has 3 aromatic carbocycles. The van der Waals surface area contributed by atoms with E-state index in [2.05, 4.69) is 0 Å². The Balaban J connectivity index is 1.77. The summed E-state index contributed by atoms with van der Waals surface area (Å²) in [5.41, 5.74) is 2.62. The average Bonchev–Trinajstić information content (AvgIpc) is 3.14. The van der Waals surface area contributed by atoms with Crippen LogP contribution in [0.3, 0.4) is 0 Å². The molecule has 1 amide bonds. The Kier molecular flexibility index (Phi) is 6.61. The Labute approximate surface area is 192 Å². The maximum Gasteiger partial charge on any atom is 0.267 e. The van der Waals surface area contributed by atoms with Crippen molar-refractivity contribution in [3.8, 4) is 11.5 Å². The van der Waals surface area contributed by atoms with Gasteiger partial charge in [0.15, 0.2) is 5.17 Å². The maximum absolute atomic E-state index is 13.6. The van der Waals surface area contributed by atoms with Gasteiger partial charge in [0.05, 0.1) is 30.9 Å². The molecule has 1 saturated heterocycles. The number of amides is 1. The Hall–Kier alpha value is -3.51. The van der Waals surface area contributed by atoms with Gasteiger partial charge in [-0.05, 0) is 60.7 Å². The molecule has 0 N–H and O–H groups in total. The molecule has 0 saturated carbocycles. The molecule has 0 bridgehead atoms. The van der Waals surface area contributed by atoms with E-state index in [1.54, 1.807) is 19.1 Å². The zero-order valence-electron chi connectivity index (χ0n) is 18.2. The summed E-state index contributed by atoms with van der Waals surface area (Å²) in [6.45, 7) is 2.02. The molecule has 3 aromatic rings. The lowest BCUT2D eigenvalue weighted by Crippen LogP contribution is -2.32. The van der Waals surface area contributed by atoms with E-state index in [9.17, 15) is 4.79 Å². The highest BCUT2D eigenvalue weighted by Crippen LogP contribution is 2.40. The van der Waals surface area contributed by atoms with Crippen LogP contribution in [0, 0.1) is 0 Å². The lowest BCUT2D eigenvalue weighted by atomic mass is 10.1. The quantitative estimate of drug-likeness (QED) is 0.433. The van der Waals surface area contributed by atoms with Gasteiger partial charge in [0.25, 0.3) is 5.91 Å². The van der Waals surface area contributed by atoms with Crippen LogP contribution in [-0.2, 0) is 4.79 Å². The molecular formula is C26H24N2O3S. The maximum atomic E-state index is 13.6. The van der Waals surface area contributed by atoms with E-state index >= 15 is 0 Å². The van der Waals surface area contributed by atoms with E-state index in [1.165, 1.54) is 11.8 Å². The smallest absolute Gasteiger partial charge is 0.267 e. The third-order valence-electron chi connectivity index (χ3n) is 5.21. The molecule has 4 rings (SSSR count). The van der Waals surface area contributed by atoms with E-state index < -0.39 is 0 Å². The average molecular weight is 445 g/mol. The summed E-state index contributed by atoms with van der Waals surface area (Å²) in [5.74, 6) is 1.27. The van der Waals surface area contributed by atoms with Crippen LogP contribution in [-0.4, -0.2) is 30.2 Å². The second-order valence-corrected chi connectivity index (χ2v) is 8.22. The van der Waals surface area contributed by atoms with Crippen molar-refractivity contribution in [1.82, 2.24) is 4.90 Å². The van der Waals surface area contributed by atoms with Gasteiger partial charge in [-0.25, -0.2) is 4.99 Å². The molecule has 1 atom stereocenters. The summed E-state index contributed by atoms with van der Waals surface area (Å²) in [6.07, 6.45) is 1.84. The SMILES string of the molecule is COc1ccc(OC)c(/C=C2/SC(=Nc3ccccc3)N([C@H](C)c3ccccc3)C2=O)c1. The second kappa shape index (κ2) is 9.75. The van der Waals surface area contributed by atoms with Crippen molar-refractivity contribution in [2.45, 2.75) is 13.0 Å². The van der Waals surface area contributed by atoms with Crippen LogP contribution in [0.2, 0.25) is 0 Å². The van der Waals surface area contributed by atoms with E-state index in [-0.39, 0.29) is 11.9 Å². The number of ether oxygens (including phenoxy) is 2. The first-order chi connectivity index (χ1) is 15.6. The topological polar surface area (TPSA) is 51.1 Å². The molecule has 0 unspecified atom stereocenters. The predicted octanol–water partition coefficient (Wildman–Crippen LogP) is 6.07. The van der Waals surface area contributed by atoms with E-state index in [4.69, 9.17) is 14.5 Å². The molecule has 0 spiro atoms. The molecule has 6 heteroatoms. The van der Waals surface area contributed by atoms with Gasteiger partial charge in [0, 0.05) is 5.56 Å². The highest BCUT2D eigenvalue weighted by Gasteiger charge is 2.37. The summed E-state index contributed by atoms with van der Waals surface area (Å²) in [5, 5.41) is 0.644. The van der Waals surface area contributed by atoms with Crippen LogP contribution in [0.1, 0.15) is 24.1 Å². The van der Waals surface area contributed by atoms with Crippen LogP contribution < -0.4 is 9.47 Å². The third-order valence-corrected chi connectivity index (χ3v) is 6.19. The molecule has 5 nitrogen and oxygen atoms in total. The standard InChI is InChI=1S/C26H24N2O3S/c1-18(19-10-6-4-7-11-19)28-25(29)24(32-26(28)27-21-12-8-5-9-13-21)17-20-16-22(30-2)14-15-23(20)31-3/h4-18H,1-3H3/b24-17+,27-26?/t18-/m1/s1. The monoisotopic (exact) mass is 444 g/mol. The summed E-state index contributed by atoms with van der Waals surface area (Å²) >= 11 is 1.36. The number of thioether (sulfide) groups is 1. The number of benzene rings is 3. The van der Waals surface area contributed by atoms with Crippen molar-refractivity contribution >= 4 is 34.6 Å². The number of aliphatic imine (C=N–C) groups is 1. The number of hydrogen-bond donors (Lipinski definition) is 0. The summed E-state index contributed by atoms with van der Waals surface area (Å²) < 4.78 is 10.8.